The Balaban J connectivity index is 2.73. The Hall–Kier alpha value is -0.200. The molecule has 0 bridgehead atoms. The fraction of sp³-hybridized carbons (Fsp3) is 1.00. The van der Waals surface area contributed by atoms with Crippen molar-refractivity contribution in [3.05, 3.63) is 0 Å². The minimum absolute atomic E-state index is 0.226. The molecule has 2 N–H and O–H groups in total. The van der Waals surface area contributed by atoms with E-state index in [-0.39, 0.29) is 13.6 Å². The summed E-state index contributed by atoms with van der Waals surface area (Å²) in [5, 5.41) is 0. The highest BCUT2D eigenvalue weighted by Crippen LogP contribution is 1.80. The van der Waals surface area contributed by atoms with Crippen LogP contribution in [0.5, 0.6) is 0 Å². The Labute approximate surface area is 72.7 Å². The highest BCUT2D eigenvalue weighted by Gasteiger charge is 1.87. The van der Waals surface area contributed by atoms with E-state index in [9.17, 15) is 0 Å². The number of methoxy groups -OCH3 is 1. The Kier molecular flexibility index (Phi) is 10.6. The third-order valence-electron chi connectivity index (χ3n) is 1.03. The Morgan fingerprint density at radius 2 is 1.58 bits per heavy atom. The minimum Gasteiger partial charge on any atom is -0.382 e. The van der Waals surface area contributed by atoms with Gasteiger partial charge in [0.1, 0.15) is 13.6 Å². The molecule has 0 saturated heterocycles. The maximum atomic E-state index is 5.18. The fourth-order valence-electron chi connectivity index (χ4n) is 0.495. The van der Waals surface area contributed by atoms with Crippen LogP contribution >= 0.6 is 0 Å². The van der Waals surface area contributed by atoms with Gasteiger partial charge in [-0.3, -0.25) is 0 Å². The van der Waals surface area contributed by atoms with E-state index < -0.39 is 0 Å². The Morgan fingerprint density at radius 3 is 2.17 bits per heavy atom. The zero-order chi connectivity index (χ0) is 9.07. The van der Waals surface area contributed by atoms with E-state index in [4.69, 9.17) is 24.7 Å². The van der Waals surface area contributed by atoms with Crippen molar-refractivity contribution < 1.29 is 18.9 Å². The summed E-state index contributed by atoms with van der Waals surface area (Å²) in [6.07, 6.45) is 0. The topological polar surface area (TPSA) is 62.9 Å². The SMILES string of the molecule is COCCOCOCOCCN. The lowest BCUT2D eigenvalue weighted by Crippen LogP contribution is -2.12. The number of hydrogen-bond donors (Lipinski definition) is 1. The third-order valence-corrected chi connectivity index (χ3v) is 1.03. The highest BCUT2D eigenvalue weighted by molar-refractivity contribution is 4.25. The van der Waals surface area contributed by atoms with E-state index >= 15 is 0 Å². The quantitative estimate of drug-likeness (QED) is 0.384. The maximum Gasteiger partial charge on any atom is 0.149 e. The lowest BCUT2D eigenvalue weighted by atomic mass is 10.7. The normalized spacial score (nSPS) is 10.5. The standard InChI is InChI=1S/C7H17NO4/c1-9-4-5-11-7-12-6-10-3-2-8/h2-8H2,1H3. The molecule has 0 radical (unpaired) electrons. The van der Waals surface area contributed by atoms with Gasteiger partial charge in [0.05, 0.1) is 19.8 Å². The van der Waals surface area contributed by atoms with Crippen molar-refractivity contribution in [2.75, 3.05) is 47.1 Å². The molecule has 0 heterocycles. The van der Waals surface area contributed by atoms with E-state index in [1.165, 1.54) is 0 Å². The zero-order valence-electron chi connectivity index (χ0n) is 7.45. The van der Waals surface area contributed by atoms with Crippen LogP contribution in [0.3, 0.4) is 0 Å². The predicted molar refractivity (Wildman–Crippen MR) is 43.7 cm³/mol. The van der Waals surface area contributed by atoms with Crippen LogP contribution < -0.4 is 5.73 Å². The molecule has 0 rings (SSSR count). The summed E-state index contributed by atoms with van der Waals surface area (Å²) < 4.78 is 19.6. The summed E-state index contributed by atoms with van der Waals surface area (Å²) in [5.74, 6) is 0. The van der Waals surface area contributed by atoms with Crippen LogP contribution in [0, 0.1) is 0 Å². The van der Waals surface area contributed by atoms with Gasteiger partial charge in [0, 0.05) is 13.7 Å². The van der Waals surface area contributed by atoms with Crippen molar-refractivity contribution in [1.82, 2.24) is 0 Å². The molecule has 0 aliphatic carbocycles. The molecule has 0 aliphatic heterocycles. The van der Waals surface area contributed by atoms with Gasteiger partial charge >= 0.3 is 0 Å². The van der Waals surface area contributed by atoms with Crippen LogP contribution in [0.1, 0.15) is 0 Å². The van der Waals surface area contributed by atoms with Gasteiger partial charge in [-0.2, -0.15) is 0 Å². The molecule has 0 spiro atoms. The van der Waals surface area contributed by atoms with Gasteiger partial charge in [0.25, 0.3) is 0 Å². The molecule has 0 aromatic heterocycles. The first kappa shape index (κ1) is 11.8. The first-order valence-corrected chi connectivity index (χ1v) is 3.84. The molecule has 12 heavy (non-hydrogen) atoms. The lowest BCUT2D eigenvalue weighted by molar-refractivity contribution is -0.134. The first-order chi connectivity index (χ1) is 5.91. The molecule has 0 aromatic carbocycles. The van der Waals surface area contributed by atoms with Gasteiger partial charge in [-0.25, -0.2) is 0 Å². The van der Waals surface area contributed by atoms with Crippen molar-refractivity contribution in [3.8, 4) is 0 Å². The van der Waals surface area contributed by atoms with Gasteiger partial charge in [0.2, 0.25) is 0 Å². The Morgan fingerprint density at radius 1 is 0.917 bits per heavy atom. The average Bonchev–Trinajstić information content (AvgIpc) is 2.10. The largest absolute Gasteiger partial charge is 0.382 e. The molecule has 5 heteroatoms. The van der Waals surface area contributed by atoms with E-state index in [2.05, 4.69) is 0 Å². The monoisotopic (exact) mass is 179 g/mol. The first-order valence-electron chi connectivity index (χ1n) is 3.84. The molecule has 0 amide bonds. The number of rotatable bonds is 9. The zero-order valence-corrected chi connectivity index (χ0v) is 7.45. The summed E-state index contributed by atoms with van der Waals surface area (Å²) in [6, 6.07) is 0. The van der Waals surface area contributed by atoms with E-state index in [1.807, 2.05) is 0 Å². The number of nitrogens with two attached hydrogens (primary N) is 1. The molecule has 74 valence electrons. The van der Waals surface area contributed by atoms with Crippen LogP contribution in [-0.2, 0) is 18.9 Å². The van der Waals surface area contributed by atoms with Crippen molar-refractivity contribution >= 4 is 0 Å². The summed E-state index contributed by atoms with van der Waals surface area (Å²) in [7, 11) is 1.62. The van der Waals surface area contributed by atoms with Crippen LogP contribution in [-0.4, -0.2) is 47.1 Å². The molecule has 0 atom stereocenters. The maximum absolute atomic E-state index is 5.18. The summed E-state index contributed by atoms with van der Waals surface area (Å²) in [5.41, 5.74) is 5.18. The van der Waals surface area contributed by atoms with Crippen molar-refractivity contribution in [3.63, 3.8) is 0 Å². The van der Waals surface area contributed by atoms with E-state index in [1.54, 1.807) is 7.11 Å². The number of ether oxygens (including phenoxy) is 4. The van der Waals surface area contributed by atoms with Crippen LogP contribution in [0.2, 0.25) is 0 Å². The van der Waals surface area contributed by atoms with Crippen molar-refractivity contribution in [1.29, 1.82) is 0 Å². The predicted octanol–water partition coefficient (Wildman–Crippen LogP) is -0.444. The summed E-state index contributed by atoms with van der Waals surface area (Å²) in [4.78, 5) is 0. The molecule has 0 aliphatic rings. The molecule has 0 unspecified atom stereocenters. The summed E-state index contributed by atoms with van der Waals surface area (Å²) >= 11 is 0. The molecule has 5 nitrogen and oxygen atoms in total. The minimum atomic E-state index is 0.226. The second-order valence-electron chi connectivity index (χ2n) is 2.04. The molecule has 0 saturated carbocycles. The molecule has 0 aromatic rings. The molecular formula is C7H17NO4. The van der Waals surface area contributed by atoms with Gasteiger partial charge in [-0.05, 0) is 0 Å². The van der Waals surface area contributed by atoms with Crippen LogP contribution in [0.15, 0.2) is 0 Å². The molecule has 0 fully saturated rings. The lowest BCUT2D eigenvalue weighted by Gasteiger charge is -2.05. The van der Waals surface area contributed by atoms with Gasteiger partial charge in [0.15, 0.2) is 0 Å². The average molecular weight is 179 g/mol. The number of hydrogen-bond acceptors (Lipinski definition) is 5. The molecular weight excluding hydrogens is 162 g/mol. The fourth-order valence-corrected chi connectivity index (χ4v) is 0.495. The van der Waals surface area contributed by atoms with Crippen LogP contribution in [0.4, 0.5) is 0 Å². The van der Waals surface area contributed by atoms with E-state index in [0.29, 0.717) is 26.4 Å². The van der Waals surface area contributed by atoms with E-state index in [0.717, 1.165) is 0 Å². The van der Waals surface area contributed by atoms with Crippen LogP contribution in [0.25, 0.3) is 0 Å². The smallest absolute Gasteiger partial charge is 0.149 e. The highest BCUT2D eigenvalue weighted by atomic mass is 16.7. The van der Waals surface area contributed by atoms with Crippen molar-refractivity contribution in [2.24, 2.45) is 5.73 Å². The second kappa shape index (κ2) is 10.8. The van der Waals surface area contributed by atoms with Gasteiger partial charge < -0.3 is 24.7 Å². The summed E-state index contributed by atoms with van der Waals surface area (Å²) in [6.45, 7) is 2.59. The third kappa shape index (κ3) is 9.80. The van der Waals surface area contributed by atoms with Crippen molar-refractivity contribution in [2.45, 2.75) is 0 Å². The van der Waals surface area contributed by atoms with Gasteiger partial charge in [-0.15, -0.1) is 0 Å². The Bertz CT molecular complexity index is 71.8. The van der Waals surface area contributed by atoms with Gasteiger partial charge in [-0.1, -0.05) is 0 Å². The second-order valence-corrected chi connectivity index (χ2v) is 2.04.